The van der Waals surface area contributed by atoms with E-state index in [0.717, 1.165) is 6.07 Å². The molecule has 0 fully saturated rings. The second-order valence-corrected chi connectivity index (χ2v) is 3.92. The van der Waals surface area contributed by atoms with Crippen LogP contribution in [-0.2, 0) is 22.4 Å². The van der Waals surface area contributed by atoms with E-state index in [9.17, 15) is 14.3 Å². The zero-order chi connectivity index (χ0) is 11.7. The predicted molar refractivity (Wildman–Crippen MR) is 55.6 cm³/mol. The van der Waals surface area contributed by atoms with Gasteiger partial charge in [-0.05, 0) is 37.0 Å². The number of rotatable bonds is 2. The van der Waals surface area contributed by atoms with Gasteiger partial charge in [-0.2, -0.15) is 0 Å². The zero-order valence-corrected chi connectivity index (χ0v) is 9.00. The molecular formula is C12H13FO3. The molecule has 0 aromatic heterocycles. The number of hydrogen-bond donors (Lipinski definition) is 1. The maximum atomic E-state index is 13.5. The number of esters is 1. The summed E-state index contributed by atoms with van der Waals surface area (Å²) in [6.45, 7) is 2.08. The van der Waals surface area contributed by atoms with E-state index in [1.165, 1.54) is 6.07 Å². The molecule has 1 unspecified atom stereocenters. The number of phenolic OH excluding ortho intramolecular Hbond substituents is 1. The minimum atomic E-state index is -0.443. The van der Waals surface area contributed by atoms with Crippen molar-refractivity contribution < 1.29 is 19.0 Å². The second kappa shape index (κ2) is 4.12. The van der Waals surface area contributed by atoms with Crippen LogP contribution in [0.3, 0.4) is 0 Å². The van der Waals surface area contributed by atoms with Crippen molar-refractivity contribution >= 4 is 5.97 Å². The molecule has 0 radical (unpaired) electrons. The molecule has 1 aliphatic rings. The minimum Gasteiger partial charge on any atom is -0.508 e. The Balaban J connectivity index is 2.21. The van der Waals surface area contributed by atoms with E-state index in [2.05, 4.69) is 0 Å². The third-order valence-electron chi connectivity index (χ3n) is 2.81. The summed E-state index contributed by atoms with van der Waals surface area (Å²) in [4.78, 5) is 11.5. The van der Waals surface area contributed by atoms with Crippen molar-refractivity contribution in [2.75, 3.05) is 6.61 Å². The van der Waals surface area contributed by atoms with Crippen molar-refractivity contribution in [1.29, 1.82) is 0 Å². The van der Waals surface area contributed by atoms with E-state index in [1.54, 1.807) is 6.92 Å². The maximum absolute atomic E-state index is 13.5. The van der Waals surface area contributed by atoms with Crippen molar-refractivity contribution in [3.63, 3.8) is 0 Å². The van der Waals surface area contributed by atoms with Crippen LogP contribution in [-0.4, -0.2) is 17.7 Å². The van der Waals surface area contributed by atoms with Crippen LogP contribution in [0.4, 0.5) is 4.39 Å². The van der Waals surface area contributed by atoms with Gasteiger partial charge in [0.05, 0.1) is 12.5 Å². The Morgan fingerprint density at radius 1 is 1.56 bits per heavy atom. The van der Waals surface area contributed by atoms with Crippen LogP contribution in [0.5, 0.6) is 5.75 Å². The number of benzene rings is 1. The number of hydrogen-bond acceptors (Lipinski definition) is 3. The second-order valence-electron chi connectivity index (χ2n) is 3.92. The summed E-state index contributed by atoms with van der Waals surface area (Å²) in [5, 5.41) is 9.25. The first kappa shape index (κ1) is 10.9. The van der Waals surface area contributed by atoms with Crippen LogP contribution in [0.25, 0.3) is 0 Å². The third kappa shape index (κ3) is 1.87. The summed E-state index contributed by atoms with van der Waals surface area (Å²) >= 11 is 0. The van der Waals surface area contributed by atoms with Gasteiger partial charge < -0.3 is 9.84 Å². The zero-order valence-electron chi connectivity index (χ0n) is 9.00. The fraction of sp³-hybridized carbons (Fsp3) is 0.417. The smallest absolute Gasteiger partial charge is 0.309 e. The molecular weight excluding hydrogens is 211 g/mol. The highest BCUT2D eigenvalue weighted by Gasteiger charge is 2.30. The number of fused-ring (bicyclic) bond motifs is 1. The van der Waals surface area contributed by atoms with Gasteiger partial charge in [-0.1, -0.05) is 0 Å². The van der Waals surface area contributed by atoms with Crippen LogP contribution >= 0.6 is 0 Å². The fourth-order valence-corrected chi connectivity index (χ4v) is 2.10. The lowest BCUT2D eigenvalue weighted by Crippen LogP contribution is -2.17. The molecule has 3 nitrogen and oxygen atoms in total. The maximum Gasteiger partial charge on any atom is 0.309 e. The standard InChI is InChI=1S/C12H13FO3/c1-2-16-12(15)8-3-7-4-9(14)6-11(13)10(7)5-8/h4,6,8,14H,2-3,5H2,1H3. The summed E-state index contributed by atoms with van der Waals surface area (Å²) in [7, 11) is 0. The molecule has 1 N–H and O–H groups in total. The minimum absolute atomic E-state index is 0.0965. The van der Waals surface area contributed by atoms with E-state index in [-0.39, 0.29) is 17.6 Å². The third-order valence-corrected chi connectivity index (χ3v) is 2.81. The van der Waals surface area contributed by atoms with Crippen molar-refractivity contribution in [3.8, 4) is 5.75 Å². The summed E-state index contributed by atoms with van der Waals surface area (Å²) < 4.78 is 18.4. The normalized spacial score (nSPS) is 18.2. The monoisotopic (exact) mass is 224 g/mol. The molecule has 0 heterocycles. The van der Waals surface area contributed by atoms with Crippen LogP contribution in [0.2, 0.25) is 0 Å². The number of aromatic hydroxyl groups is 1. The van der Waals surface area contributed by atoms with Crippen molar-refractivity contribution in [2.24, 2.45) is 5.92 Å². The topological polar surface area (TPSA) is 46.5 Å². The number of carbonyl (C=O) groups excluding carboxylic acids is 1. The molecule has 4 heteroatoms. The van der Waals surface area contributed by atoms with Crippen LogP contribution in [0.15, 0.2) is 12.1 Å². The fourth-order valence-electron chi connectivity index (χ4n) is 2.10. The molecule has 0 amide bonds. The average molecular weight is 224 g/mol. The summed E-state index contributed by atoms with van der Waals surface area (Å²) in [6, 6.07) is 2.59. The van der Waals surface area contributed by atoms with Crippen LogP contribution < -0.4 is 0 Å². The van der Waals surface area contributed by atoms with E-state index >= 15 is 0 Å². The molecule has 16 heavy (non-hydrogen) atoms. The summed E-state index contributed by atoms with van der Waals surface area (Å²) in [6.07, 6.45) is 0.805. The number of phenols is 1. The lowest BCUT2D eigenvalue weighted by molar-refractivity contribution is -0.147. The van der Waals surface area contributed by atoms with Gasteiger partial charge in [0.25, 0.3) is 0 Å². The molecule has 1 aliphatic carbocycles. The average Bonchev–Trinajstić information content (AvgIpc) is 2.62. The summed E-state index contributed by atoms with van der Waals surface area (Å²) in [5.41, 5.74) is 1.23. The molecule has 0 saturated heterocycles. The molecule has 2 rings (SSSR count). The van der Waals surface area contributed by atoms with Crippen molar-refractivity contribution in [3.05, 3.63) is 29.1 Å². The molecule has 0 saturated carbocycles. The largest absolute Gasteiger partial charge is 0.508 e. The predicted octanol–water partition coefficient (Wildman–Crippen LogP) is 1.81. The van der Waals surface area contributed by atoms with Gasteiger partial charge in [-0.3, -0.25) is 4.79 Å². The molecule has 1 aromatic rings. The van der Waals surface area contributed by atoms with Gasteiger partial charge in [0, 0.05) is 6.07 Å². The Hall–Kier alpha value is -1.58. The molecule has 0 spiro atoms. The highest BCUT2D eigenvalue weighted by molar-refractivity contribution is 5.74. The highest BCUT2D eigenvalue weighted by Crippen LogP contribution is 2.32. The Kier molecular flexibility index (Phi) is 2.81. The number of ether oxygens (including phenoxy) is 1. The Morgan fingerprint density at radius 3 is 3.00 bits per heavy atom. The lowest BCUT2D eigenvalue weighted by Gasteiger charge is -2.06. The first-order valence-corrected chi connectivity index (χ1v) is 5.28. The van der Waals surface area contributed by atoms with Gasteiger partial charge in [-0.25, -0.2) is 4.39 Å². The molecule has 0 aliphatic heterocycles. The van der Waals surface area contributed by atoms with E-state index in [1.807, 2.05) is 0 Å². The first-order chi connectivity index (χ1) is 7.61. The van der Waals surface area contributed by atoms with Gasteiger partial charge >= 0.3 is 5.97 Å². The Morgan fingerprint density at radius 2 is 2.31 bits per heavy atom. The molecule has 86 valence electrons. The van der Waals surface area contributed by atoms with Crippen molar-refractivity contribution in [1.82, 2.24) is 0 Å². The van der Waals surface area contributed by atoms with E-state index in [0.29, 0.717) is 30.6 Å². The van der Waals surface area contributed by atoms with Crippen LogP contribution in [0.1, 0.15) is 18.1 Å². The van der Waals surface area contributed by atoms with Crippen LogP contribution in [0, 0.1) is 11.7 Å². The molecule has 1 atom stereocenters. The van der Waals surface area contributed by atoms with E-state index < -0.39 is 5.82 Å². The molecule has 0 bridgehead atoms. The lowest BCUT2D eigenvalue weighted by atomic mass is 10.1. The first-order valence-electron chi connectivity index (χ1n) is 5.28. The van der Waals surface area contributed by atoms with E-state index in [4.69, 9.17) is 4.74 Å². The SMILES string of the molecule is CCOC(=O)C1Cc2cc(O)cc(F)c2C1. The highest BCUT2D eigenvalue weighted by atomic mass is 19.1. The Labute approximate surface area is 92.9 Å². The van der Waals surface area contributed by atoms with Gasteiger partial charge in [-0.15, -0.1) is 0 Å². The van der Waals surface area contributed by atoms with Gasteiger partial charge in [0.1, 0.15) is 11.6 Å². The van der Waals surface area contributed by atoms with Crippen molar-refractivity contribution in [2.45, 2.75) is 19.8 Å². The molecule has 1 aromatic carbocycles. The number of halogens is 1. The van der Waals surface area contributed by atoms with Gasteiger partial charge in [0.2, 0.25) is 0 Å². The summed E-state index contributed by atoms with van der Waals surface area (Å²) in [5.74, 6) is -1.15. The quantitative estimate of drug-likeness (QED) is 0.779. The van der Waals surface area contributed by atoms with Gasteiger partial charge in [0.15, 0.2) is 0 Å². The Bertz CT molecular complexity index is 429. The number of carbonyl (C=O) groups is 1.